The maximum Gasteiger partial charge on any atom is 0.137 e. The molecule has 8 aromatic rings. The molecule has 0 fully saturated rings. The molecule has 208 valence electrons. The van der Waals surface area contributed by atoms with Gasteiger partial charge in [0.15, 0.2) is 0 Å². The van der Waals surface area contributed by atoms with E-state index in [9.17, 15) is 0 Å². The first-order chi connectivity index (χ1) is 21.8. The van der Waals surface area contributed by atoms with Crippen LogP contribution in [0.15, 0.2) is 180 Å². The van der Waals surface area contributed by atoms with Crippen molar-refractivity contribution in [3.8, 4) is 33.4 Å². The van der Waals surface area contributed by atoms with E-state index >= 15 is 0 Å². The second-order valence-corrected chi connectivity index (χ2v) is 11.0. The Morgan fingerprint density at radius 3 is 1.25 bits per heavy atom. The normalized spacial score (nSPS) is 11.2. The third-order valence-corrected chi connectivity index (χ3v) is 8.30. The van der Waals surface area contributed by atoms with Crippen LogP contribution in [0.4, 0.5) is 17.1 Å². The van der Waals surface area contributed by atoms with Gasteiger partial charge in [0.25, 0.3) is 0 Å². The van der Waals surface area contributed by atoms with Crippen LogP contribution >= 0.6 is 0 Å². The van der Waals surface area contributed by atoms with E-state index in [0.717, 1.165) is 39.0 Å². The van der Waals surface area contributed by atoms with Crippen molar-refractivity contribution in [2.75, 3.05) is 4.90 Å². The lowest BCUT2D eigenvalue weighted by Gasteiger charge is -2.26. The van der Waals surface area contributed by atoms with Gasteiger partial charge < -0.3 is 9.32 Å². The Kier molecular flexibility index (Phi) is 6.51. The third kappa shape index (κ3) is 4.73. The van der Waals surface area contributed by atoms with Gasteiger partial charge in [-0.25, -0.2) is 0 Å². The van der Waals surface area contributed by atoms with Gasteiger partial charge in [-0.1, -0.05) is 133 Å². The molecule has 0 bridgehead atoms. The Hall–Kier alpha value is -5.86. The summed E-state index contributed by atoms with van der Waals surface area (Å²) in [5, 5.41) is 2.22. The molecule has 1 aromatic heterocycles. The lowest BCUT2D eigenvalue weighted by atomic mass is 10.00. The zero-order chi connectivity index (χ0) is 29.3. The van der Waals surface area contributed by atoms with Gasteiger partial charge >= 0.3 is 0 Å². The summed E-state index contributed by atoms with van der Waals surface area (Å²) in [5.74, 6) is 0. The first kappa shape index (κ1) is 25.8. The highest BCUT2D eigenvalue weighted by atomic mass is 16.3. The highest BCUT2D eigenvalue weighted by Crippen LogP contribution is 2.43. The van der Waals surface area contributed by atoms with Gasteiger partial charge in [-0.15, -0.1) is 0 Å². The van der Waals surface area contributed by atoms with E-state index in [0.29, 0.717) is 0 Å². The Labute approximate surface area is 257 Å². The van der Waals surface area contributed by atoms with Crippen LogP contribution in [0.1, 0.15) is 0 Å². The SMILES string of the molecule is c1ccc(-c2ccc(-c3ccc(N(c4ccc(-c5ccccc5)cc4)c4cccc5oc6ccccc6c45)cc3)cc2)cc1. The molecule has 8 rings (SSSR count). The van der Waals surface area contributed by atoms with Crippen molar-refractivity contribution in [2.24, 2.45) is 0 Å². The highest BCUT2D eigenvalue weighted by Gasteiger charge is 2.19. The van der Waals surface area contributed by atoms with Gasteiger partial charge in [-0.3, -0.25) is 0 Å². The number of fused-ring (bicyclic) bond motifs is 3. The lowest BCUT2D eigenvalue weighted by Crippen LogP contribution is -2.10. The van der Waals surface area contributed by atoms with Crippen molar-refractivity contribution in [3.63, 3.8) is 0 Å². The lowest BCUT2D eigenvalue weighted by molar-refractivity contribution is 0.669. The highest BCUT2D eigenvalue weighted by molar-refractivity contribution is 6.13. The van der Waals surface area contributed by atoms with Crippen molar-refractivity contribution in [1.29, 1.82) is 0 Å². The second kappa shape index (κ2) is 11.1. The van der Waals surface area contributed by atoms with E-state index in [4.69, 9.17) is 4.42 Å². The number of furan rings is 1. The molecule has 0 radical (unpaired) electrons. The fourth-order valence-corrected chi connectivity index (χ4v) is 6.09. The quantitative estimate of drug-likeness (QED) is 0.200. The minimum Gasteiger partial charge on any atom is -0.456 e. The van der Waals surface area contributed by atoms with Crippen LogP contribution < -0.4 is 4.90 Å². The minimum atomic E-state index is 0.879. The van der Waals surface area contributed by atoms with Gasteiger partial charge in [-0.2, -0.15) is 0 Å². The number of benzene rings is 7. The average molecular weight is 564 g/mol. The van der Waals surface area contributed by atoms with Crippen molar-refractivity contribution < 1.29 is 4.42 Å². The molecule has 7 aromatic carbocycles. The number of hydrogen-bond acceptors (Lipinski definition) is 2. The number of anilines is 3. The molecule has 0 aliphatic heterocycles. The standard InChI is InChI=1S/C42H29NO/c1-3-10-30(11-4-1)32-18-20-33(21-19-32)35-24-28-37(29-25-35)43(36-26-22-34(23-27-36)31-12-5-2-6-13-31)39-15-9-17-41-42(39)38-14-7-8-16-40(38)44-41/h1-29H. The summed E-state index contributed by atoms with van der Waals surface area (Å²) < 4.78 is 6.28. The van der Waals surface area contributed by atoms with Gasteiger partial charge in [0.1, 0.15) is 11.2 Å². The largest absolute Gasteiger partial charge is 0.456 e. The van der Waals surface area contributed by atoms with Crippen LogP contribution in [0.2, 0.25) is 0 Å². The molecule has 0 spiro atoms. The van der Waals surface area contributed by atoms with Gasteiger partial charge in [0.05, 0.1) is 11.1 Å². The average Bonchev–Trinajstić information content (AvgIpc) is 3.49. The van der Waals surface area contributed by atoms with Crippen LogP contribution in [0.5, 0.6) is 0 Å². The molecule has 0 saturated heterocycles. The summed E-state index contributed by atoms with van der Waals surface area (Å²) in [6.45, 7) is 0. The summed E-state index contributed by atoms with van der Waals surface area (Å²) in [5.41, 5.74) is 12.2. The Morgan fingerprint density at radius 1 is 0.318 bits per heavy atom. The molecule has 2 heteroatoms. The van der Waals surface area contributed by atoms with E-state index in [1.54, 1.807) is 0 Å². The number of rotatable bonds is 6. The summed E-state index contributed by atoms with van der Waals surface area (Å²) >= 11 is 0. The van der Waals surface area contributed by atoms with E-state index in [2.05, 4.69) is 169 Å². The summed E-state index contributed by atoms with van der Waals surface area (Å²) in [6.07, 6.45) is 0. The molecule has 0 amide bonds. The van der Waals surface area contributed by atoms with Crippen molar-refractivity contribution in [1.82, 2.24) is 0 Å². The van der Waals surface area contributed by atoms with E-state index < -0.39 is 0 Å². The molecule has 44 heavy (non-hydrogen) atoms. The monoisotopic (exact) mass is 563 g/mol. The summed E-state index contributed by atoms with van der Waals surface area (Å²) in [6, 6.07) is 62.1. The number of para-hydroxylation sites is 1. The van der Waals surface area contributed by atoms with Crippen molar-refractivity contribution in [3.05, 3.63) is 176 Å². The molecular formula is C42H29NO. The number of hydrogen-bond donors (Lipinski definition) is 0. The molecule has 1 heterocycles. The second-order valence-electron chi connectivity index (χ2n) is 11.0. The van der Waals surface area contributed by atoms with Gasteiger partial charge in [-0.05, 0) is 75.8 Å². The van der Waals surface area contributed by atoms with Crippen LogP contribution in [0, 0.1) is 0 Å². The summed E-state index contributed by atoms with van der Waals surface area (Å²) in [4.78, 5) is 2.33. The Balaban J connectivity index is 1.22. The third-order valence-electron chi connectivity index (χ3n) is 8.30. The molecule has 2 nitrogen and oxygen atoms in total. The fourth-order valence-electron chi connectivity index (χ4n) is 6.09. The van der Waals surface area contributed by atoms with Crippen LogP contribution in [-0.4, -0.2) is 0 Å². The van der Waals surface area contributed by atoms with Crippen LogP contribution in [-0.2, 0) is 0 Å². The van der Waals surface area contributed by atoms with E-state index in [-0.39, 0.29) is 0 Å². The molecule has 0 aliphatic rings. The maximum absolute atomic E-state index is 6.28. The molecule has 0 saturated carbocycles. The maximum atomic E-state index is 6.28. The van der Waals surface area contributed by atoms with E-state index in [1.807, 2.05) is 12.1 Å². The van der Waals surface area contributed by atoms with Gasteiger partial charge in [0, 0.05) is 16.8 Å². The zero-order valence-electron chi connectivity index (χ0n) is 24.1. The first-order valence-corrected chi connectivity index (χ1v) is 14.9. The fraction of sp³-hybridized carbons (Fsp3) is 0. The van der Waals surface area contributed by atoms with Crippen molar-refractivity contribution in [2.45, 2.75) is 0 Å². The van der Waals surface area contributed by atoms with E-state index in [1.165, 1.54) is 33.4 Å². The molecule has 0 unspecified atom stereocenters. The smallest absolute Gasteiger partial charge is 0.137 e. The first-order valence-electron chi connectivity index (χ1n) is 14.9. The molecule has 0 atom stereocenters. The molecule has 0 aliphatic carbocycles. The number of nitrogens with zero attached hydrogens (tertiary/aromatic N) is 1. The topological polar surface area (TPSA) is 16.4 Å². The predicted molar refractivity (Wildman–Crippen MR) is 185 cm³/mol. The molecular weight excluding hydrogens is 534 g/mol. The van der Waals surface area contributed by atoms with Crippen LogP contribution in [0.25, 0.3) is 55.3 Å². The zero-order valence-corrected chi connectivity index (χ0v) is 24.1. The minimum absolute atomic E-state index is 0.879. The van der Waals surface area contributed by atoms with Gasteiger partial charge in [0.2, 0.25) is 0 Å². The molecule has 0 N–H and O–H groups in total. The Morgan fingerprint density at radius 2 is 0.727 bits per heavy atom. The van der Waals surface area contributed by atoms with Crippen molar-refractivity contribution >= 4 is 39.0 Å². The van der Waals surface area contributed by atoms with Crippen LogP contribution in [0.3, 0.4) is 0 Å². The Bertz CT molecular complexity index is 2180. The summed E-state index contributed by atoms with van der Waals surface area (Å²) in [7, 11) is 0. The predicted octanol–water partition coefficient (Wildman–Crippen LogP) is 12.1.